The van der Waals surface area contributed by atoms with Crippen molar-refractivity contribution >= 4 is 28.8 Å². The number of benzene rings is 2. The third kappa shape index (κ3) is 2.79. The molecule has 1 radical (unpaired) electrons. The summed E-state index contributed by atoms with van der Waals surface area (Å²) in [5.41, 5.74) is 2.37. The topological polar surface area (TPSA) is 52.3 Å². The molecule has 2 heterocycles. The van der Waals surface area contributed by atoms with Crippen LogP contribution in [0.3, 0.4) is 0 Å². The Morgan fingerprint density at radius 3 is 2.62 bits per heavy atom. The molecule has 117 valence electrons. The molecular weight excluding hydrogens is 347 g/mol. The van der Waals surface area contributed by atoms with Crippen LogP contribution in [0.4, 0.5) is 0 Å². The van der Waals surface area contributed by atoms with Gasteiger partial charge in [-0.05, 0) is 47.5 Å². The van der Waals surface area contributed by atoms with Crippen molar-refractivity contribution in [2.24, 2.45) is 0 Å². The second kappa shape index (κ2) is 6.11. The quantitative estimate of drug-likeness (QED) is 0.534. The van der Waals surface area contributed by atoms with Crippen molar-refractivity contribution in [1.82, 2.24) is 19.8 Å². The van der Waals surface area contributed by atoms with Crippen LogP contribution in [0.2, 0.25) is 10.3 Å². The lowest BCUT2D eigenvalue weighted by Gasteiger charge is -2.11. The maximum absolute atomic E-state index is 6.14. The molecule has 0 saturated heterocycles. The summed E-state index contributed by atoms with van der Waals surface area (Å²) in [6.45, 7) is 0. The van der Waals surface area contributed by atoms with Crippen LogP contribution in [0.5, 0.6) is 11.6 Å². The summed E-state index contributed by atoms with van der Waals surface area (Å²) in [4.78, 5) is 0. The second-order valence-electron chi connectivity index (χ2n) is 4.94. The lowest BCUT2D eigenvalue weighted by molar-refractivity contribution is 0.454. The van der Waals surface area contributed by atoms with E-state index in [9.17, 15) is 0 Å². The van der Waals surface area contributed by atoms with Crippen molar-refractivity contribution in [1.29, 1.82) is 0 Å². The lowest BCUT2D eigenvalue weighted by Crippen LogP contribution is -1.96. The predicted octanol–water partition coefficient (Wildman–Crippen LogP) is 4.69. The molecule has 5 nitrogen and oxygen atoms in total. The minimum Gasteiger partial charge on any atom is -0.437 e. The Kier molecular flexibility index (Phi) is 3.80. The van der Waals surface area contributed by atoms with Crippen LogP contribution in [-0.4, -0.2) is 19.8 Å². The van der Waals surface area contributed by atoms with E-state index in [1.165, 1.54) is 4.52 Å². The van der Waals surface area contributed by atoms with Crippen LogP contribution < -0.4 is 4.74 Å². The zero-order chi connectivity index (χ0) is 16.5. The fourth-order valence-electron chi connectivity index (χ4n) is 2.30. The molecular formula is C17H9Cl2N4O. The fraction of sp³-hybridized carbons (Fsp3) is 0. The van der Waals surface area contributed by atoms with Gasteiger partial charge in [0.25, 0.3) is 0 Å². The maximum Gasteiger partial charge on any atom is 0.246 e. The molecule has 0 N–H and O–H groups in total. The number of hydrogen-bond donors (Lipinski definition) is 0. The molecule has 2 aromatic heterocycles. The second-order valence-corrected chi connectivity index (χ2v) is 5.72. The van der Waals surface area contributed by atoms with Crippen molar-refractivity contribution < 1.29 is 4.74 Å². The van der Waals surface area contributed by atoms with Crippen LogP contribution in [0.15, 0.2) is 54.6 Å². The van der Waals surface area contributed by atoms with Gasteiger partial charge >= 0.3 is 0 Å². The van der Waals surface area contributed by atoms with Gasteiger partial charge < -0.3 is 4.74 Å². The molecule has 0 spiro atoms. The molecule has 0 bridgehead atoms. The van der Waals surface area contributed by atoms with Crippen LogP contribution in [-0.2, 0) is 0 Å². The van der Waals surface area contributed by atoms with Crippen LogP contribution in [0, 0.1) is 6.07 Å². The van der Waals surface area contributed by atoms with Crippen LogP contribution in [0.1, 0.15) is 0 Å². The summed E-state index contributed by atoms with van der Waals surface area (Å²) >= 11 is 12.1. The minimum atomic E-state index is 0.172. The number of halogens is 2. The largest absolute Gasteiger partial charge is 0.437 e. The number of ether oxygens (including phenoxy) is 1. The first-order chi connectivity index (χ1) is 11.7. The van der Waals surface area contributed by atoms with Crippen molar-refractivity contribution in [3.63, 3.8) is 0 Å². The number of nitrogens with zero attached hydrogens (tertiary/aromatic N) is 4. The highest BCUT2D eigenvalue weighted by Gasteiger charge is 2.11. The van der Waals surface area contributed by atoms with Crippen molar-refractivity contribution in [2.75, 3.05) is 0 Å². The Morgan fingerprint density at radius 1 is 0.958 bits per heavy atom. The van der Waals surface area contributed by atoms with Crippen molar-refractivity contribution in [3.8, 4) is 22.8 Å². The molecule has 0 fully saturated rings. The van der Waals surface area contributed by atoms with Gasteiger partial charge in [-0.3, -0.25) is 0 Å². The SMILES string of the molecule is Clc1ccc(Oc2ccc3nnc(Cl)n3n2)c(-c2cc[c]cc2)c1. The van der Waals surface area contributed by atoms with E-state index in [0.29, 0.717) is 22.3 Å². The lowest BCUT2D eigenvalue weighted by atomic mass is 10.0. The minimum absolute atomic E-state index is 0.172. The third-order valence-electron chi connectivity index (χ3n) is 3.39. The third-order valence-corrected chi connectivity index (χ3v) is 3.86. The normalized spacial score (nSPS) is 10.9. The molecule has 0 aliphatic heterocycles. The van der Waals surface area contributed by atoms with E-state index in [1.807, 2.05) is 30.3 Å². The molecule has 0 unspecified atom stereocenters. The molecule has 0 aliphatic rings. The zero-order valence-corrected chi connectivity index (χ0v) is 13.7. The predicted molar refractivity (Wildman–Crippen MR) is 91.6 cm³/mol. The molecule has 0 amide bonds. The highest BCUT2D eigenvalue weighted by molar-refractivity contribution is 6.31. The van der Waals surface area contributed by atoms with Gasteiger partial charge in [0.1, 0.15) is 5.75 Å². The Bertz CT molecular complexity index is 1020. The van der Waals surface area contributed by atoms with Gasteiger partial charge in [-0.25, -0.2) is 0 Å². The summed E-state index contributed by atoms with van der Waals surface area (Å²) in [5.74, 6) is 0.997. The Morgan fingerprint density at radius 2 is 1.79 bits per heavy atom. The van der Waals surface area contributed by atoms with Crippen molar-refractivity contribution in [3.05, 3.63) is 71.0 Å². The van der Waals surface area contributed by atoms with Gasteiger partial charge in [0.05, 0.1) is 0 Å². The smallest absolute Gasteiger partial charge is 0.246 e. The molecule has 2 aromatic carbocycles. The Balaban J connectivity index is 1.77. The summed E-state index contributed by atoms with van der Waals surface area (Å²) in [6.07, 6.45) is 0. The van der Waals surface area contributed by atoms with E-state index < -0.39 is 0 Å². The monoisotopic (exact) mass is 355 g/mol. The molecule has 4 aromatic rings. The number of hydrogen-bond acceptors (Lipinski definition) is 4. The fourth-order valence-corrected chi connectivity index (χ4v) is 2.63. The van der Waals surface area contributed by atoms with E-state index in [1.54, 1.807) is 24.3 Å². The average molecular weight is 356 g/mol. The molecule has 24 heavy (non-hydrogen) atoms. The highest BCUT2D eigenvalue weighted by atomic mass is 35.5. The number of fused-ring (bicyclic) bond motifs is 1. The van der Waals surface area contributed by atoms with Crippen LogP contribution >= 0.6 is 23.2 Å². The van der Waals surface area contributed by atoms with E-state index >= 15 is 0 Å². The van der Waals surface area contributed by atoms with Gasteiger partial charge in [0, 0.05) is 16.7 Å². The summed E-state index contributed by atoms with van der Waals surface area (Å²) < 4.78 is 7.34. The molecule has 0 aliphatic carbocycles. The highest BCUT2D eigenvalue weighted by Crippen LogP contribution is 2.34. The van der Waals surface area contributed by atoms with Crippen LogP contribution in [0.25, 0.3) is 16.8 Å². The Labute approximate surface area is 147 Å². The zero-order valence-electron chi connectivity index (χ0n) is 12.1. The number of rotatable bonds is 3. The number of aromatic nitrogens is 4. The molecule has 0 saturated carbocycles. The first kappa shape index (κ1) is 14.9. The van der Waals surface area contributed by atoms with E-state index in [4.69, 9.17) is 27.9 Å². The van der Waals surface area contributed by atoms with Crippen molar-refractivity contribution in [2.45, 2.75) is 0 Å². The first-order valence-electron chi connectivity index (χ1n) is 7.02. The summed E-state index contributed by atoms with van der Waals surface area (Å²) in [7, 11) is 0. The summed E-state index contributed by atoms with van der Waals surface area (Å²) in [5, 5.41) is 12.7. The standard InChI is InChI=1S/C17H9Cl2N4O/c18-12-6-7-14(13(10-12)11-4-2-1-3-5-11)24-16-9-8-15-20-21-17(19)23(15)22-16/h2-10H. The van der Waals surface area contributed by atoms with Gasteiger partial charge in [0.15, 0.2) is 5.65 Å². The molecule has 4 rings (SSSR count). The average Bonchev–Trinajstić information content (AvgIpc) is 2.98. The Hall–Kier alpha value is -2.63. The first-order valence-corrected chi connectivity index (χ1v) is 7.78. The van der Waals surface area contributed by atoms with Gasteiger partial charge in [-0.1, -0.05) is 35.9 Å². The van der Waals surface area contributed by atoms with E-state index in [-0.39, 0.29) is 5.28 Å². The van der Waals surface area contributed by atoms with Gasteiger partial charge in [-0.15, -0.1) is 15.3 Å². The van der Waals surface area contributed by atoms with E-state index in [0.717, 1.165) is 11.1 Å². The van der Waals surface area contributed by atoms with Gasteiger partial charge in [0.2, 0.25) is 11.2 Å². The molecule has 7 heteroatoms. The molecule has 0 atom stereocenters. The maximum atomic E-state index is 6.14. The van der Waals surface area contributed by atoms with Gasteiger partial charge in [-0.2, -0.15) is 4.52 Å². The van der Waals surface area contributed by atoms with E-state index in [2.05, 4.69) is 21.4 Å². The summed E-state index contributed by atoms with van der Waals surface area (Å²) in [6, 6.07) is 19.4.